The van der Waals surface area contributed by atoms with Crippen molar-refractivity contribution in [1.29, 1.82) is 0 Å². The van der Waals surface area contributed by atoms with Crippen molar-refractivity contribution in [2.45, 2.75) is 13.5 Å². The summed E-state index contributed by atoms with van der Waals surface area (Å²) in [5.74, 6) is -0.227. The Bertz CT molecular complexity index is 460. The largest absolute Gasteiger partial charge is 0.451 e. The third-order valence-electron chi connectivity index (χ3n) is 2.24. The summed E-state index contributed by atoms with van der Waals surface area (Å²) in [5.41, 5.74) is 2.56. The lowest BCUT2D eigenvalue weighted by Gasteiger charge is -2.03. The zero-order valence-electron chi connectivity index (χ0n) is 8.93. The number of aromatic nitrogens is 1. The molecule has 1 amide bonds. The summed E-state index contributed by atoms with van der Waals surface area (Å²) in [4.78, 5) is 15.3. The molecule has 0 radical (unpaired) electrons. The topological polar surface area (TPSA) is 55.1 Å². The lowest BCUT2D eigenvalue weighted by atomic mass is 10.1. The fourth-order valence-corrected chi connectivity index (χ4v) is 1.30. The van der Waals surface area contributed by atoms with E-state index in [0.29, 0.717) is 12.2 Å². The molecule has 0 bridgehead atoms. The number of hydrogen-bond donors (Lipinski definition) is 1. The van der Waals surface area contributed by atoms with Crippen molar-refractivity contribution >= 4 is 5.91 Å². The minimum Gasteiger partial charge on any atom is -0.451 e. The fourth-order valence-electron chi connectivity index (χ4n) is 1.30. The Labute approximate surface area is 93.3 Å². The van der Waals surface area contributed by atoms with Gasteiger partial charge in [-0.2, -0.15) is 0 Å². The maximum absolute atomic E-state index is 11.5. The number of aryl methyl sites for hydroxylation is 1. The molecule has 0 fully saturated rings. The number of benzene rings is 1. The van der Waals surface area contributed by atoms with E-state index < -0.39 is 0 Å². The van der Waals surface area contributed by atoms with Gasteiger partial charge in [0.15, 0.2) is 12.1 Å². The molecular weight excluding hydrogens is 204 g/mol. The zero-order chi connectivity index (χ0) is 11.4. The minimum atomic E-state index is -0.227. The van der Waals surface area contributed by atoms with E-state index in [4.69, 9.17) is 4.42 Å². The minimum absolute atomic E-state index is 0.227. The third kappa shape index (κ3) is 2.48. The molecule has 2 aromatic rings. The van der Waals surface area contributed by atoms with Gasteiger partial charge in [0.2, 0.25) is 0 Å². The number of oxazole rings is 1. The number of amides is 1. The maximum atomic E-state index is 11.5. The van der Waals surface area contributed by atoms with Crippen LogP contribution in [-0.4, -0.2) is 10.9 Å². The molecule has 82 valence electrons. The molecular formula is C12H12N2O2. The SMILES string of the molecule is Cc1ccc(CNC(=O)c2cocn2)cc1. The Hall–Kier alpha value is -2.10. The Balaban J connectivity index is 1.93. The summed E-state index contributed by atoms with van der Waals surface area (Å²) < 4.78 is 4.73. The van der Waals surface area contributed by atoms with Crippen molar-refractivity contribution < 1.29 is 9.21 Å². The van der Waals surface area contributed by atoms with Crippen LogP contribution >= 0.6 is 0 Å². The lowest BCUT2D eigenvalue weighted by Crippen LogP contribution is -2.22. The molecule has 0 aliphatic heterocycles. The van der Waals surface area contributed by atoms with Crippen molar-refractivity contribution in [1.82, 2.24) is 10.3 Å². The average Bonchev–Trinajstić information content (AvgIpc) is 2.81. The van der Waals surface area contributed by atoms with Crippen molar-refractivity contribution in [3.63, 3.8) is 0 Å². The summed E-state index contributed by atoms with van der Waals surface area (Å²) in [6.07, 6.45) is 2.56. The number of carbonyl (C=O) groups is 1. The van der Waals surface area contributed by atoms with Crippen molar-refractivity contribution in [3.05, 3.63) is 53.7 Å². The van der Waals surface area contributed by atoms with Gasteiger partial charge in [-0.05, 0) is 12.5 Å². The molecule has 0 aliphatic carbocycles. The van der Waals surface area contributed by atoms with E-state index in [1.54, 1.807) is 0 Å². The molecule has 0 saturated heterocycles. The quantitative estimate of drug-likeness (QED) is 0.852. The van der Waals surface area contributed by atoms with Crippen LogP contribution in [-0.2, 0) is 6.54 Å². The van der Waals surface area contributed by atoms with Gasteiger partial charge in [0.1, 0.15) is 6.26 Å². The van der Waals surface area contributed by atoms with Gasteiger partial charge < -0.3 is 9.73 Å². The van der Waals surface area contributed by atoms with Crippen molar-refractivity contribution in [2.24, 2.45) is 0 Å². The van der Waals surface area contributed by atoms with Crippen LogP contribution in [0.5, 0.6) is 0 Å². The molecule has 0 aliphatic rings. The normalized spacial score (nSPS) is 10.1. The molecule has 0 unspecified atom stereocenters. The summed E-state index contributed by atoms with van der Waals surface area (Å²) >= 11 is 0. The van der Waals surface area contributed by atoms with E-state index in [1.807, 2.05) is 31.2 Å². The van der Waals surface area contributed by atoms with Gasteiger partial charge in [-0.1, -0.05) is 29.8 Å². The van der Waals surface area contributed by atoms with Crippen LogP contribution in [0.2, 0.25) is 0 Å². The lowest BCUT2D eigenvalue weighted by molar-refractivity contribution is 0.0946. The number of carbonyl (C=O) groups excluding carboxylic acids is 1. The Morgan fingerprint density at radius 1 is 1.38 bits per heavy atom. The molecule has 0 atom stereocenters. The molecule has 1 aromatic heterocycles. The Morgan fingerprint density at radius 2 is 2.12 bits per heavy atom. The first-order valence-corrected chi connectivity index (χ1v) is 4.97. The fraction of sp³-hybridized carbons (Fsp3) is 0.167. The van der Waals surface area contributed by atoms with Crippen LogP contribution in [0.1, 0.15) is 21.6 Å². The maximum Gasteiger partial charge on any atom is 0.273 e. The predicted octanol–water partition coefficient (Wildman–Crippen LogP) is 1.91. The van der Waals surface area contributed by atoms with Gasteiger partial charge in [-0.25, -0.2) is 4.98 Å². The third-order valence-corrected chi connectivity index (χ3v) is 2.24. The first-order chi connectivity index (χ1) is 7.75. The molecule has 1 heterocycles. The zero-order valence-corrected chi connectivity index (χ0v) is 8.93. The van der Waals surface area contributed by atoms with E-state index in [0.717, 1.165) is 5.56 Å². The van der Waals surface area contributed by atoms with Crippen LogP contribution in [0.4, 0.5) is 0 Å². The van der Waals surface area contributed by atoms with Crippen molar-refractivity contribution in [2.75, 3.05) is 0 Å². The second kappa shape index (κ2) is 4.61. The van der Waals surface area contributed by atoms with Gasteiger partial charge in [0, 0.05) is 6.54 Å². The molecule has 0 spiro atoms. The second-order valence-corrected chi connectivity index (χ2v) is 3.54. The van der Waals surface area contributed by atoms with E-state index in [9.17, 15) is 4.79 Å². The molecule has 16 heavy (non-hydrogen) atoms. The van der Waals surface area contributed by atoms with Gasteiger partial charge in [-0.15, -0.1) is 0 Å². The van der Waals surface area contributed by atoms with Crippen LogP contribution in [0.25, 0.3) is 0 Å². The van der Waals surface area contributed by atoms with Gasteiger partial charge in [0.05, 0.1) is 0 Å². The van der Waals surface area contributed by atoms with E-state index in [2.05, 4.69) is 10.3 Å². The summed E-state index contributed by atoms with van der Waals surface area (Å²) in [6.45, 7) is 2.52. The van der Waals surface area contributed by atoms with Crippen LogP contribution in [0.3, 0.4) is 0 Å². The summed E-state index contributed by atoms with van der Waals surface area (Å²) in [5, 5.41) is 2.76. The number of nitrogens with one attached hydrogen (secondary N) is 1. The first kappa shape index (κ1) is 10.4. The predicted molar refractivity (Wildman–Crippen MR) is 58.9 cm³/mol. The average molecular weight is 216 g/mol. The molecule has 4 nitrogen and oxygen atoms in total. The first-order valence-electron chi connectivity index (χ1n) is 4.97. The van der Waals surface area contributed by atoms with Gasteiger partial charge in [-0.3, -0.25) is 4.79 Å². The van der Waals surface area contributed by atoms with Crippen LogP contribution in [0, 0.1) is 6.92 Å². The highest BCUT2D eigenvalue weighted by Gasteiger charge is 2.07. The Kier molecular flexibility index (Phi) is 3.00. The van der Waals surface area contributed by atoms with Crippen molar-refractivity contribution in [3.8, 4) is 0 Å². The van der Waals surface area contributed by atoms with E-state index in [-0.39, 0.29) is 5.91 Å². The van der Waals surface area contributed by atoms with E-state index in [1.165, 1.54) is 18.2 Å². The molecule has 0 saturated carbocycles. The highest BCUT2D eigenvalue weighted by Crippen LogP contribution is 2.03. The van der Waals surface area contributed by atoms with Crippen LogP contribution < -0.4 is 5.32 Å². The summed E-state index contributed by atoms with van der Waals surface area (Å²) in [6, 6.07) is 7.99. The highest BCUT2D eigenvalue weighted by atomic mass is 16.3. The smallest absolute Gasteiger partial charge is 0.273 e. The van der Waals surface area contributed by atoms with E-state index >= 15 is 0 Å². The Morgan fingerprint density at radius 3 is 2.75 bits per heavy atom. The molecule has 2 rings (SSSR count). The number of hydrogen-bond acceptors (Lipinski definition) is 3. The number of nitrogens with zero attached hydrogens (tertiary/aromatic N) is 1. The molecule has 4 heteroatoms. The van der Waals surface area contributed by atoms with Gasteiger partial charge in [0.25, 0.3) is 5.91 Å². The highest BCUT2D eigenvalue weighted by molar-refractivity contribution is 5.91. The molecule has 1 N–H and O–H groups in total. The molecule has 1 aromatic carbocycles. The second-order valence-electron chi connectivity index (χ2n) is 3.54. The monoisotopic (exact) mass is 216 g/mol. The van der Waals surface area contributed by atoms with Crippen LogP contribution in [0.15, 0.2) is 41.3 Å². The summed E-state index contributed by atoms with van der Waals surface area (Å²) in [7, 11) is 0. The number of rotatable bonds is 3. The van der Waals surface area contributed by atoms with Gasteiger partial charge >= 0.3 is 0 Å². The standard InChI is InChI=1S/C12H12N2O2/c1-9-2-4-10(5-3-9)6-13-12(15)11-7-16-8-14-11/h2-5,7-8H,6H2,1H3,(H,13,15).